The number of carbonyl (C=O) groups is 3. The molecule has 0 unspecified atom stereocenters. The molecule has 12 heteroatoms. The molecule has 0 saturated carbocycles. The van der Waals surface area contributed by atoms with Crippen LogP contribution < -0.4 is 26.3 Å². The minimum absolute atomic E-state index is 0.0507. The van der Waals surface area contributed by atoms with Gasteiger partial charge in [-0.25, -0.2) is 4.39 Å². The second-order valence-corrected chi connectivity index (χ2v) is 10.2. The van der Waals surface area contributed by atoms with Gasteiger partial charge >= 0.3 is 0 Å². The number of amides is 3. The van der Waals surface area contributed by atoms with Gasteiger partial charge in [-0.05, 0) is 67.7 Å². The number of fused-ring (bicyclic) bond motifs is 1. The SMILES string of the molecule is CC(C)(C)NC(=O)[C@@H](c1ccc(F)cc1)N(Cc1ccc2c(c1)OCO2)C(=O)c1snc(C(N)=O)c1N. The number of halogens is 1. The normalized spacial score (nSPS) is 13.2. The van der Waals surface area contributed by atoms with E-state index < -0.39 is 35.1 Å². The first kappa shape index (κ1) is 25.9. The van der Waals surface area contributed by atoms with E-state index >= 15 is 0 Å². The van der Waals surface area contributed by atoms with E-state index in [-0.39, 0.29) is 29.6 Å². The van der Waals surface area contributed by atoms with Crippen molar-refractivity contribution in [3.8, 4) is 11.5 Å². The Kier molecular flexibility index (Phi) is 7.03. The highest BCUT2D eigenvalue weighted by atomic mass is 32.1. The molecule has 37 heavy (non-hydrogen) atoms. The lowest BCUT2D eigenvalue weighted by atomic mass is 10.00. The van der Waals surface area contributed by atoms with Gasteiger partial charge in [-0.3, -0.25) is 14.4 Å². The van der Waals surface area contributed by atoms with Crippen molar-refractivity contribution in [1.82, 2.24) is 14.6 Å². The average molecular weight is 528 g/mol. The molecule has 0 fully saturated rings. The maximum Gasteiger partial charge on any atom is 0.270 e. The van der Waals surface area contributed by atoms with Gasteiger partial charge in [0.2, 0.25) is 12.7 Å². The number of hydrogen-bond donors (Lipinski definition) is 3. The predicted molar refractivity (Wildman–Crippen MR) is 135 cm³/mol. The van der Waals surface area contributed by atoms with Crippen LogP contribution in [-0.2, 0) is 11.3 Å². The van der Waals surface area contributed by atoms with E-state index in [1.54, 1.807) is 39.0 Å². The molecule has 3 amide bonds. The van der Waals surface area contributed by atoms with Crippen LogP contribution in [0.3, 0.4) is 0 Å². The molecule has 0 bridgehead atoms. The van der Waals surface area contributed by atoms with Crippen molar-refractivity contribution in [2.45, 2.75) is 38.9 Å². The molecule has 2 aromatic carbocycles. The highest BCUT2D eigenvalue weighted by molar-refractivity contribution is 7.09. The van der Waals surface area contributed by atoms with Crippen LogP contribution in [0, 0.1) is 5.82 Å². The number of nitrogen functional groups attached to an aromatic ring is 1. The monoisotopic (exact) mass is 527 g/mol. The number of ether oxygens (including phenoxy) is 2. The third-order valence-electron chi connectivity index (χ3n) is 5.45. The summed E-state index contributed by atoms with van der Waals surface area (Å²) in [5, 5.41) is 2.90. The summed E-state index contributed by atoms with van der Waals surface area (Å²) in [7, 11) is 0. The van der Waals surface area contributed by atoms with Crippen molar-refractivity contribution in [2.75, 3.05) is 12.5 Å². The summed E-state index contributed by atoms with van der Waals surface area (Å²) in [6, 6.07) is 9.26. The molecule has 1 aromatic heterocycles. The van der Waals surface area contributed by atoms with Gasteiger partial charge in [-0.1, -0.05) is 18.2 Å². The summed E-state index contributed by atoms with van der Waals surface area (Å²) in [5.74, 6) is -1.47. The lowest BCUT2D eigenvalue weighted by molar-refractivity contribution is -0.127. The Bertz CT molecular complexity index is 1350. The van der Waals surface area contributed by atoms with Crippen molar-refractivity contribution in [3.63, 3.8) is 0 Å². The highest BCUT2D eigenvalue weighted by Crippen LogP contribution is 2.35. The fraction of sp³-hybridized carbons (Fsp3) is 0.280. The molecular weight excluding hydrogens is 501 g/mol. The van der Waals surface area contributed by atoms with E-state index in [9.17, 15) is 18.8 Å². The minimum Gasteiger partial charge on any atom is -0.454 e. The number of benzene rings is 2. The summed E-state index contributed by atoms with van der Waals surface area (Å²) < 4.78 is 28.5. The zero-order valence-electron chi connectivity index (χ0n) is 20.4. The van der Waals surface area contributed by atoms with E-state index in [0.717, 1.165) is 0 Å². The Balaban J connectivity index is 1.83. The highest BCUT2D eigenvalue weighted by Gasteiger charge is 2.36. The molecule has 5 N–H and O–H groups in total. The van der Waals surface area contributed by atoms with Gasteiger partial charge in [-0.2, -0.15) is 4.37 Å². The molecule has 0 aliphatic carbocycles. The number of carbonyl (C=O) groups excluding carboxylic acids is 3. The van der Waals surface area contributed by atoms with Crippen LogP contribution in [0.15, 0.2) is 42.5 Å². The summed E-state index contributed by atoms with van der Waals surface area (Å²) in [5.41, 5.74) is 11.4. The third kappa shape index (κ3) is 5.64. The Hall–Kier alpha value is -4.19. The summed E-state index contributed by atoms with van der Waals surface area (Å²) in [6.07, 6.45) is 0. The molecule has 1 aliphatic rings. The van der Waals surface area contributed by atoms with E-state index in [1.807, 2.05) is 0 Å². The topological polar surface area (TPSA) is 150 Å². The Morgan fingerprint density at radius 1 is 1.14 bits per heavy atom. The van der Waals surface area contributed by atoms with Crippen LogP contribution in [0.5, 0.6) is 11.5 Å². The molecule has 1 aliphatic heterocycles. The third-order valence-corrected chi connectivity index (χ3v) is 6.30. The molecule has 4 rings (SSSR count). The van der Waals surface area contributed by atoms with Crippen molar-refractivity contribution >= 4 is 34.9 Å². The molecule has 0 saturated heterocycles. The number of aromatic nitrogens is 1. The average Bonchev–Trinajstić information content (AvgIpc) is 3.44. The van der Waals surface area contributed by atoms with Crippen LogP contribution >= 0.6 is 11.5 Å². The minimum atomic E-state index is -1.18. The van der Waals surface area contributed by atoms with Crippen LogP contribution in [0.1, 0.15) is 58.1 Å². The fourth-order valence-electron chi connectivity index (χ4n) is 3.83. The zero-order valence-corrected chi connectivity index (χ0v) is 21.2. The molecule has 194 valence electrons. The number of anilines is 1. The number of nitrogens with zero attached hydrogens (tertiary/aromatic N) is 2. The maximum absolute atomic E-state index is 13.9. The molecule has 0 spiro atoms. The fourth-order valence-corrected chi connectivity index (χ4v) is 4.59. The van der Waals surface area contributed by atoms with Crippen molar-refractivity contribution in [2.24, 2.45) is 5.73 Å². The number of primary amides is 1. The van der Waals surface area contributed by atoms with E-state index in [0.29, 0.717) is 34.2 Å². The Morgan fingerprint density at radius 2 is 1.81 bits per heavy atom. The molecular formula is C25H26FN5O5S. The van der Waals surface area contributed by atoms with Crippen molar-refractivity contribution < 1.29 is 28.2 Å². The lowest BCUT2D eigenvalue weighted by Crippen LogP contribution is -2.49. The van der Waals surface area contributed by atoms with Gasteiger partial charge in [-0.15, -0.1) is 0 Å². The van der Waals surface area contributed by atoms with E-state index in [2.05, 4.69) is 9.69 Å². The first-order valence-electron chi connectivity index (χ1n) is 11.3. The maximum atomic E-state index is 13.9. The Morgan fingerprint density at radius 3 is 2.43 bits per heavy atom. The Labute approximate surface area is 216 Å². The number of nitrogens with one attached hydrogen (secondary N) is 1. The van der Waals surface area contributed by atoms with Crippen LogP contribution in [-0.4, -0.2) is 39.3 Å². The van der Waals surface area contributed by atoms with Gasteiger partial charge in [0.05, 0.1) is 5.69 Å². The zero-order chi connectivity index (χ0) is 26.9. The lowest BCUT2D eigenvalue weighted by Gasteiger charge is -2.33. The summed E-state index contributed by atoms with van der Waals surface area (Å²) >= 11 is 0.708. The van der Waals surface area contributed by atoms with Gasteiger partial charge in [0.15, 0.2) is 17.2 Å². The van der Waals surface area contributed by atoms with Gasteiger partial charge in [0.1, 0.15) is 16.7 Å². The largest absolute Gasteiger partial charge is 0.454 e. The van der Waals surface area contributed by atoms with Crippen LogP contribution in [0.25, 0.3) is 0 Å². The van der Waals surface area contributed by atoms with Gasteiger partial charge in [0.25, 0.3) is 11.8 Å². The predicted octanol–water partition coefficient (Wildman–Crippen LogP) is 2.99. The molecule has 1 atom stereocenters. The molecule has 10 nitrogen and oxygen atoms in total. The number of hydrogen-bond acceptors (Lipinski definition) is 8. The second-order valence-electron chi connectivity index (χ2n) is 9.45. The van der Waals surface area contributed by atoms with Crippen molar-refractivity contribution in [1.29, 1.82) is 0 Å². The smallest absolute Gasteiger partial charge is 0.270 e. The first-order chi connectivity index (χ1) is 17.4. The molecule has 0 radical (unpaired) electrons. The first-order valence-corrected chi connectivity index (χ1v) is 12.0. The molecule has 2 heterocycles. The summed E-state index contributed by atoms with van der Waals surface area (Å²) in [4.78, 5) is 40.5. The van der Waals surface area contributed by atoms with E-state index in [1.165, 1.54) is 29.2 Å². The number of nitrogens with two attached hydrogens (primary N) is 2. The van der Waals surface area contributed by atoms with Gasteiger partial charge < -0.3 is 31.2 Å². The number of rotatable bonds is 7. The van der Waals surface area contributed by atoms with Crippen molar-refractivity contribution in [3.05, 3.63) is 70.0 Å². The van der Waals surface area contributed by atoms with Gasteiger partial charge in [0, 0.05) is 12.1 Å². The van der Waals surface area contributed by atoms with Crippen LogP contribution in [0.2, 0.25) is 0 Å². The van der Waals surface area contributed by atoms with Crippen LogP contribution in [0.4, 0.5) is 10.1 Å². The molecule has 3 aromatic rings. The quantitative estimate of drug-likeness (QED) is 0.427. The summed E-state index contributed by atoms with van der Waals surface area (Å²) in [6.45, 7) is 5.42. The second kappa shape index (κ2) is 10.1. The standard InChI is InChI=1S/C25H26FN5O5S/c1-25(2,3)29-23(33)20(14-5-7-15(26)8-6-14)31(11-13-4-9-16-17(10-13)36-12-35-16)24(34)21-18(27)19(22(28)32)30-37-21/h4-10,20H,11-12,27H2,1-3H3,(H2,28,32)(H,29,33)/t20-/m1/s1. The van der Waals surface area contributed by atoms with E-state index in [4.69, 9.17) is 20.9 Å².